The van der Waals surface area contributed by atoms with Gasteiger partial charge in [-0.3, -0.25) is 4.79 Å². The van der Waals surface area contributed by atoms with Crippen LogP contribution in [0.2, 0.25) is 0 Å². The normalized spacial score (nSPS) is 10.7. The predicted octanol–water partition coefficient (Wildman–Crippen LogP) is 4.18. The molecule has 3 rings (SSSR count). The second-order valence-electron chi connectivity index (χ2n) is 4.93. The summed E-state index contributed by atoms with van der Waals surface area (Å²) in [4.78, 5) is 12.5. The van der Waals surface area contributed by atoms with Crippen LogP contribution >= 0.6 is 11.5 Å². The summed E-state index contributed by atoms with van der Waals surface area (Å²) < 4.78 is 44.4. The van der Waals surface area contributed by atoms with Gasteiger partial charge in [-0.1, -0.05) is 22.7 Å². The van der Waals surface area contributed by atoms with Crippen LogP contribution in [0.25, 0.3) is 11.1 Å². The minimum absolute atomic E-state index is 0.124. The van der Waals surface area contributed by atoms with Crippen molar-refractivity contribution in [1.29, 1.82) is 0 Å². The summed E-state index contributed by atoms with van der Waals surface area (Å²) in [7, 11) is 0. The molecule has 122 valence electrons. The lowest BCUT2D eigenvalue weighted by Gasteiger charge is -2.12. The van der Waals surface area contributed by atoms with E-state index >= 15 is 0 Å². The summed E-state index contributed by atoms with van der Waals surface area (Å²) in [6.07, 6.45) is 0. The first-order valence-corrected chi connectivity index (χ1v) is 7.59. The number of benzene rings is 2. The first kappa shape index (κ1) is 16.1. The molecule has 0 atom stereocenters. The molecule has 1 aromatic heterocycles. The van der Waals surface area contributed by atoms with Gasteiger partial charge in [0.1, 0.15) is 10.7 Å². The number of aromatic nitrogens is 2. The quantitative estimate of drug-likeness (QED) is 0.772. The molecule has 2 aromatic carbocycles. The lowest BCUT2D eigenvalue weighted by molar-refractivity contribution is 0.102. The van der Waals surface area contributed by atoms with Crippen molar-refractivity contribution in [2.24, 2.45) is 0 Å². The molecule has 4 nitrogen and oxygen atoms in total. The highest BCUT2D eigenvalue weighted by Crippen LogP contribution is 2.31. The van der Waals surface area contributed by atoms with Crippen LogP contribution in [0, 0.1) is 24.4 Å². The summed E-state index contributed by atoms with van der Waals surface area (Å²) in [5.74, 6) is -3.33. The summed E-state index contributed by atoms with van der Waals surface area (Å²) >= 11 is 0.884. The minimum atomic E-state index is -1.06. The smallest absolute Gasteiger partial charge is 0.269 e. The van der Waals surface area contributed by atoms with Gasteiger partial charge in [0.05, 0.1) is 11.4 Å². The lowest BCUT2D eigenvalue weighted by atomic mass is 10.0. The molecule has 8 heteroatoms. The van der Waals surface area contributed by atoms with E-state index in [4.69, 9.17) is 0 Å². The van der Waals surface area contributed by atoms with Crippen LogP contribution in [0.1, 0.15) is 15.4 Å². The van der Waals surface area contributed by atoms with Crippen LogP contribution < -0.4 is 5.32 Å². The van der Waals surface area contributed by atoms with Gasteiger partial charge in [0.15, 0.2) is 11.6 Å². The fourth-order valence-electron chi connectivity index (χ4n) is 2.17. The van der Waals surface area contributed by atoms with Crippen LogP contribution in [0.4, 0.5) is 18.9 Å². The van der Waals surface area contributed by atoms with E-state index in [1.165, 1.54) is 18.2 Å². The number of nitrogens with zero attached hydrogens (tertiary/aromatic N) is 2. The average molecular weight is 349 g/mol. The Labute approximate surface area is 139 Å². The largest absolute Gasteiger partial charge is 0.318 e. The van der Waals surface area contributed by atoms with Crippen molar-refractivity contribution < 1.29 is 18.0 Å². The molecule has 0 saturated heterocycles. The molecule has 0 radical (unpaired) electrons. The van der Waals surface area contributed by atoms with Crippen molar-refractivity contribution >= 4 is 23.1 Å². The molecular formula is C16H10F3N3OS. The first-order chi connectivity index (χ1) is 11.5. The van der Waals surface area contributed by atoms with Gasteiger partial charge >= 0.3 is 0 Å². The number of para-hydroxylation sites is 1. The SMILES string of the molecule is Cc1nnsc1C(=O)Nc1c(F)cccc1-c1ccc(F)c(F)c1. The number of hydrogen-bond acceptors (Lipinski definition) is 4. The zero-order chi connectivity index (χ0) is 17.3. The molecule has 3 aromatic rings. The van der Waals surface area contributed by atoms with E-state index in [2.05, 4.69) is 14.9 Å². The molecule has 1 heterocycles. The molecule has 0 spiro atoms. The van der Waals surface area contributed by atoms with E-state index in [0.29, 0.717) is 5.69 Å². The number of carbonyl (C=O) groups is 1. The fourth-order valence-corrected chi connectivity index (χ4v) is 2.72. The average Bonchev–Trinajstić information content (AvgIpc) is 2.98. The number of halogens is 3. The molecule has 0 aliphatic heterocycles. The molecule has 0 saturated carbocycles. The maximum absolute atomic E-state index is 14.2. The Balaban J connectivity index is 2.03. The third-order valence-corrected chi connectivity index (χ3v) is 4.17. The van der Waals surface area contributed by atoms with Gasteiger partial charge in [-0.05, 0) is 42.2 Å². The molecule has 1 N–H and O–H groups in total. The maximum Gasteiger partial charge on any atom is 0.269 e. The highest BCUT2D eigenvalue weighted by molar-refractivity contribution is 7.08. The van der Waals surface area contributed by atoms with Crippen molar-refractivity contribution in [3.63, 3.8) is 0 Å². The van der Waals surface area contributed by atoms with Gasteiger partial charge in [-0.25, -0.2) is 13.2 Å². The fraction of sp³-hybridized carbons (Fsp3) is 0.0625. The van der Waals surface area contributed by atoms with E-state index in [1.54, 1.807) is 6.92 Å². The second-order valence-corrected chi connectivity index (χ2v) is 5.69. The van der Waals surface area contributed by atoms with E-state index in [0.717, 1.165) is 29.7 Å². The summed E-state index contributed by atoms with van der Waals surface area (Å²) in [5, 5.41) is 6.18. The summed E-state index contributed by atoms with van der Waals surface area (Å²) in [6, 6.07) is 7.28. The van der Waals surface area contributed by atoms with Crippen molar-refractivity contribution in [3.05, 3.63) is 64.4 Å². The monoisotopic (exact) mass is 349 g/mol. The van der Waals surface area contributed by atoms with Gasteiger partial charge in [0.25, 0.3) is 5.91 Å². The number of rotatable bonds is 3. The number of carbonyl (C=O) groups excluding carboxylic acids is 1. The van der Waals surface area contributed by atoms with Crippen LogP contribution in [0.15, 0.2) is 36.4 Å². The molecule has 0 aliphatic rings. The van der Waals surface area contributed by atoms with E-state index in [-0.39, 0.29) is 21.7 Å². The Morgan fingerprint density at radius 1 is 1.08 bits per heavy atom. The second kappa shape index (κ2) is 6.40. The molecule has 1 amide bonds. The van der Waals surface area contributed by atoms with Crippen LogP contribution in [-0.4, -0.2) is 15.5 Å². The van der Waals surface area contributed by atoms with E-state index < -0.39 is 23.4 Å². The third kappa shape index (κ3) is 3.00. The van der Waals surface area contributed by atoms with Crippen molar-refractivity contribution in [2.75, 3.05) is 5.32 Å². The van der Waals surface area contributed by atoms with E-state index in [1.807, 2.05) is 0 Å². The molecule has 0 aliphatic carbocycles. The number of aryl methyl sites for hydroxylation is 1. The van der Waals surface area contributed by atoms with Crippen molar-refractivity contribution in [2.45, 2.75) is 6.92 Å². The standard InChI is InChI=1S/C16H10F3N3OS/c1-8-15(24-22-21-8)16(23)20-14-10(3-2-4-12(14)18)9-5-6-11(17)13(19)7-9/h2-7H,1H3,(H,20,23). The first-order valence-electron chi connectivity index (χ1n) is 6.81. The predicted molar refractivity (Wildman–Crippen MR) is 84.4 cm³/mol. The molecular weight excluding hydrogens is 339 g/mol. The van der Waals surface area contributed by atoms with Gasteiger partial charge < -0.3 is 5.32 Å². The molecule has 24 heavy (non-hydrogen) atoms. The Morgan fingerprint density at radius 2 is 1.88 bits per heavy atom. The Morgan fingerprint density at radius 3 is 2.54 bits per heavy atom. The minimum Gasteiger partial charge on any atom is -0.318 e. The van der Waals surface area contributed by atoms with Gasteiger partial charge in [-0.15, -0.1) is 5.10 Å². The Kier molecular flexibility index (Phi) is 4.30. The molecule has 0 unspecified atom stereocenters. The Hall–Kier alpha value is -2.74. The maximum atomic E-state index is 14.2. The molecule has 0 bridgehead atoms. The van der Waals surface area contributed by atoms with Gasteiger partial charge in [0.2, 0.25) is 0 Å². The van der Waals surface area contributed by atoms with Crippen molar-refractivity contribution in [1.82, 2.24) is 9.59 Å². The third-order valence-electron chi connectivity index (χ3n) is 3.34. The summed E-state index contributed by atoms with van der Waals surface area (Å²) in [6.45, 7) is 1.61. The van der Waals surface area contributed by atoms with E-state index in [9.17, 15) is 18.0 Å². The van der Waals surface area contributed by atoms with Crippen molar-refractivity contribution in [3.8, 4) is 11.1 Å². The van der Waals surface area contributed by atoms with Gasteiger partial charge in [0, 0.05) is 5.56 Å². The van der Waals surface area contributed by atoms with Crippen LogP contribution in [0.5, 0.6) is 0 Å². The number of amides is 1. The van der Waals surface area contributed by atoms with Crippen LogP contribution in [0.3, 0.4) is 0 Å². The number of nitrogens with one attached hydrogen (secondary N) is 1. The Bertz CT molecular complexity index is 927. The zero-order valence-electron chi connectivity index (χ0n) is 12.3. The summed E-state index contributed by atoms with van der Waals surface area (Å²) in [5.41, 5.74) is 0.768. The lowest BCUT2D eigenvalue weighted by Crippen LogP contribution is -2.13. The topological polar surface area (TPSA) is 54.9 Å². The number of hydrogen-bond donors (Lipinski definition) is 1. The van der Waals surface area contributed by atoms with Crippen LogP contribution in [-0.2, 0) is 0 Å². The number of anilines is 1. The highest BCUT2D eigenvalue weighted by Gasteiger charge is 2.18. The highest BCUT2D eigenvalue weighted by atomic mass is 32.1. The van der Waals surface area contributed by atoms with Gasteiger partial charge in [-0.2, -0.15) is 0 Å². The zero-order valence-corrected chi connectivity index (χ0v) is 13.1. The molecule has 0 fully saturated rings.